The number of allylic oxidation sites excluding steroid dienone is 9. The Morgan fingerprint density at radius 1 is 1.06 bits per heavy atom. The van der Waals surface area contributed by atoms with Gasteiger partial charge in [-0.2, -0.15) is 0 Å². The first-order valence-corrected chi connectivity index (χ1v) is 12.2. The van der Waals surface area contributed by atoms with E-state index in [0.717, 1.165) is 18.9 Å². The van der Waals surface area contributed by atoms with E-state index in [0.29, 0.717) is 6.04 Å². The summed E-state index contributed by atoms with van der Waals surface area (Å²) in [6.45, 7) is 14.2. The molecule has 1 unspecified atom stereocenters. The molecule has 1 aromatic rings. The fourth-order valence-corrected chi connectivity index (χ4v) is 5.66. The molecule has 0 spiro atoms. The number of aryl methyl sites for hydroxylation is 1. The van der Waals surface area contributed by atoms with Crippen molar-refractivity contribution in [1.82, 2.24) is 4.90 Å². The second-order valence-corrected chi connectivity index (χ2v) is 10.6. The highest BCUT2D eigenvalue weighted by Crippen LogP contribution is 2.51. The predicted octanol–water partition coefficient (Wildman–Crippen LogP) is 7.96. The van der Waals surface area contributed by atoms with Crippen LogP contribution in [0, 0.1) is 18.3 Å². The molecule has 0 fully saturated rings. The smallest absolute Gasteiger partial charge is 0.0322 e. The average molecular weight is 426 g/mol. The molecule has 2 bridgehead atoms. The van der Waals surface area contributed by atoms with Crippen molar-refractivity contribution in [1.29, 1.82) is 0 Å². The Labute approximate surface area is 195 Å². The van der Waals surface area contributed by atoms with Crippen LogP contribution in [0.1, 0.15) is 63.1 Å². The van der Waals surface area contributed by atoms with Crippen LogP contribution in [-0.2, 0) is 6.54 Å². The molecular formula is C31H39N. The zero-order chi connectivity index (χ0) is 22.9. The van der Waals surface area contributed by atoms with Crippen LogP contribution in [0.15, 0.2) is 83.5 Å². The third-order valence-electron chi connectivity index (χ3n) is 7.60. The second kappa shape index (κ2) is 9.24. The molecule has 1 atom stereocenters. The van der Waals surface area contributed by atoms with Gasteiger partial charge in [0.05, 0.1) is 0 Å². The minimum Gasteiger partial charge on any atom is -0.295 e. The summed E-state index contributed by atoms with van der Waals surface area (Å²) in [5.74, 6) is 0.728. The van der Waals surface area contributed by atoms with Crippen molar-refractivity contribution in [3.05, 3.63) is 100 Å². The normalized spacial score (nSPS) is 19.7. The van der Waals surface area contributed by atoms with Crippen molar-refractivity contribution in [2.45, 2.75) is 66.0 Å². The summed E-state index contributed by atoms with van der Waals surface area (Å²) in [7, 11) is 2.31. The molecule has 0 aromatic heterocycles. The van der Waals surface area contributed by atoms with Crippen LogP contribution in [-0.4, -0.2) is 18.0 Å². The molecule has 1 heteroatoms. The van der Waals surface area contributed by atoms with Gasteiger partial charge in [-0.05, 0) is 67.8 Å². The molecule has 1 aromatic carbocycles. The van der Waals surface area contributed by atoms with E-state index in [2.05, 4.69) is 101 Å². The summed E-state index contributed by atoms with van der Waals surface area (Å²) in [6.07, 6.45) is 20.9. The number of hydrogen-bond acceptors (Lipinski definition) is 1. The topological polar surface area (TPSA) is 3.24 Å². The van der Waals surface area contributed by atoms with E-state index in [9.17, 15) is 0 Å². The van der Waals surface area contributed by atoms with Gasteiger partial charge in [-0.3, -0.25) is 4.90 Å². The molecule has 0 amide bonds. The van der Waals surface area contributed by atoms with E-state index < -0.39 is 0 Å². The Bertz CT molecular complexity index is 1020. The third kappa shape index (κ3) is 4.55. The van der Waals surface area contributed by atoms with Gasteiger partial charge in [0.1, 0.15) is 0 Å². The number of benzene rings is 1. The van der Waals surface area contributed by atoms with Crippen molar-refractivity contribution < 1.29 is 0 Å². The maximum atomic E-state index is 4.07. The van der Waals surface area contributed by atoms with Crippen LogP contribution in [0.4, 0.5) is 0 Å². The lowest BCUT2D eigenvalue weighted by atomic mass is 9.74. The molecule has 3 aliphatic carbocycles. The van der Waals surface area contributed by atoms with Crippen LogP contribution < -0.4 is 0 Å². The molecule has 4 rings (SSSR count). The molecule has 32 heavy (non-hydrogen) atoms. The van der Waals surface area contributed by atoms with Gasteiger partial charge in [0.25, 0.3) is 0 Å². The van der Waals surface area contributed by atoms with Gasteiger partial charge in [0.2, 0.25) is 0 Å². The van der Waals surface area contributed by atoms with Crippen LogP contribution in [0.5, 0.6) is 0 Å². The van der Waals surface area contributed by atoms with Crippen molar-refractivity contribution in [3.8, 4) is 0 Å². The molecule has 0 saturated carbocycles. The Morgan fingerprint density at radius 3 is 2.34 bits per heavy atom. The lowest BCUT2D eigenvalue weighted by molar-refractivity contribution is 0.214. The van der Waals surface area contributed by atoms with Crippen molar-refractivity contribution in [2.75, 3.05) is 7.05 Å². The average Bonchev–Trinajstić information content (AvgIpc) is 3.25. The fraction of sp³-hybridized carbons (Fsp3) is 0.419. The SMILES string of the molecule is C=Cc1cc(C)ccc1CN(C)C(CC1(C)C2=CC=C1C=C2)C1=CC=C(CC(C)C)CC1. The number of nitrogens with zero attached hydrogens (tertiary/aromatic N) is 1. The predicted molar refractivity (Wildman–Crippen MR) is 139 cm³/mol. The quantitative estimate of drug-likeness (QED) is 0.388. The van der Waals surface area contributed by atoms with Gasteiger partial charge < -0.3 is 0 Å². The van der Waals surface area contributed by atoms with Crippen LogP contribution >= 0.6 is 0 Å². The van der Waals surface area contributed by atoms with Gasteiger partial charge in [0.15, 0.2) is 0 Å². The molecule has 0 aliphatic heterocycles. The molecule has 0 saturated heterocycles. The first kappa shape index (κ1) is 22.8. The van der Waals surface area contributed by atoms with Crippen molar-refractivity contribution in [2.24, 2.45) is 11.3 Å². The summed E-state index contributed by atoms with van der Waals surface area (Å²) in [5.41, 5.74) is 10.2. The lowest BCUT2D eigenvalue weighted by Gasteiger charge is -2.38. The summed E-state index contributed by atoms with van der Waals surface area (Å²) in [5, 5.41) is 0. The molecule has 0 radical (unpaired) electrons. The summed E-state index contributed by atoms with van der Waals surface area (Å²) in [4.78, 5) is 2.58. The zero-order valence-corrected chi connectivity index (χ0v) is 20.6. The maximum Gasteiger partial charge on any atom is 0.0322 e. The highest BCUT2D eigenvalue weighted by Gasteiger charge is 2.41. The number of rotatable bonds is 9. The van der Waals surface area contributed by atoms with E-state index >= 15 is 0 Å². The summed E-state index contributed by atoms with van der Waals surface area (Å²) in [6, 6.07) is 7.18. The summed E-state index contributed by atoms with van der Waals surface area (Å²) >= 11 is 0. The highest BCUT2D eigenvalue weighted by atomic mass is 15.1. The molecule has 3 aliphatic rings. The summed E-state index contributed by atoms with van der Waals surface area (Å²) < 4.78 is 0. The van der Waals surface area contributed by atoms with E-state index in [1.165, 1.54) is 47.1 Å². The van der Waals surface area contributed by atoms with E-state index in [1.807, 2.05) is 6.08 Å². The van der Waals surface area contributed by atoms with Gasteiger partial charge in [-0.25, -0.2) is 0 Å². The van der Waals surface area contributed by atoms with E-state index in [4.69, 9.17) is 0 Å². The highest BCUT2D eigenvalue weighted by molar-refractivity contribution is 5.57. The largest absolute Gasteiger partial charge is 0.295 e. The van der Waals surface area contributed by atoms with Gasteiger partial charge >= 0.3 is 0 Å². The number of hydrogen-bond donors (Lipinski definition) is 0. The van der Waals surface area contributed by atoms with Crippen LogP contribution in [0.25, 0.3) is 6.08 Å². The van der Waals surface area contributed by atoms with E-state index in [-0.39, 0.29) is 5.41 Å². The Kier molecular flexibility index (Phi) is 6.58. The van der Waals surface area contributed by atoms with Crippen LogP contribution in [0.2, 0.25) is 0 Å². The second-order valence-electron chi connectivity index (χ2n) is 10.6. The van der Waals surface area contributed by atoms with Crippen molar-refractivity contribution in [3.63, 3.8) is 0 Å². The monoisotopic (exact) mass is 425 g/mol. The first-order chi connectivity index (χ1) is 15.3. The lowest BCUT2D eigenvalue weighted by Crippen LogP contribution is -2.38. The third-order valence-corrected chi connectivity index (χ3v) is 7.60. The van der Waals surface area contributed by atoms with E-state index in [1.54, 1.807) is 11.1 Å². The minimum absolute atomic E-state index is 0.135. The van der Waals surface area contributed by atoms with Crippen LogP contribution in [0.3, 0.4) is 0 Å². The Hall–Kier alpha value is -2.38. The Balaban J connectivity index is 1.62. The fourth-order valence-electron chi connectivity index (χ4n) is 5.66. The molecule has 0 N–H and O–H groups in total. The number of likely N-dealkylation sites (N-methyl/N-ethyl adjacent to an activating group) is 1. The zero-order valence-electron chi connectivity index (χ0n) is 20.6. The molecular weight excluding hydrogens is 386 g/mol. The first-order valence-electron chi connectivity index (χ1n) is 12.2. The van der Waals surface area contributed by atoms with Gasteiger partial charge in [-0.15, -0.1) is 0 Å². The molecule has 0 heterocycles. The maximum absolute atomic E-state index is 4.07. The Morgan fingerprint density at radius 2 is 1.78 bits per heavy atom. The molecule has 168 valence electrons. The number of fused-ring (bicyclic) bond motifs is 2. The molecule has 1 nitrogen and oxygen atoms in total. The standard InChI is InChI=1S/C31H39N/c1-7-25-19-23(4)8-11-27(25)21-32(6)30(20-31(5)28-14-15-29(31)17-16-28)26-12-9-24(10-13-26)18-22(2)3/h7-9,11-12,14-17,19,22,30H,1,10,13,18,20-21H2,2-6H3. The minimum atomic E-state index is 0.135. The van der Waals surface area contributed by atoms with Crippen molar-refractivity contribution >= 4 is 6.08 Å². The van der Waals surface area contributed by atoms with Gasteiger partial charge in [0, 0.05) is 18.0 Å². The van der Waals surface area contributed by atoms with Gasteiger partial charge in [-0.1, -0.05) is 105 Å².